The van der Waals surface area contributed by atoms with E-state index in [-0.39, 0.29) is 5.91 Å². The van der Waals surface area contributed by atoms with Gasteiger partial charge in [0.25, 0.3) is 5.91 Å². The monoisotopic (exact) mass is 443 g/mol. The first-order valence-corrected chi connectivity index (χ1v) is 12.3. The van der Waals surface area contributed by atoms with E-state index in [4.69, 9.17) is 4.74 Å². The fourth-order valence-corrected chi connectivity index (χ4v) is 5.17. The van der Waals surface area contributed by atoms with Crippen LogP contribution in [0.1, 0.15) is 40.7 Å². The van der Waals surface area contributed by atoms with Crippen LogP contribution in [-0.4, -0.2) is 60.1 Å². The second kappa shape index (κ2) is 10.4. The summed E-state index contributed by atoms with van der Waals surface area (Å²) in [6.45, 7) is 5.89. The van der Waals surface area contributed by atoms with Gasteiger partial charge < -0.3 is 9.64 Å². The third kappa shape index (κ3) is 5.43. The van der Waals surface area contributed by atoms with E-state index in [0.717, 1.165) is 88.3 Å². The summed E-state index contributed by atoms with van der Waals surface area (Å²) in [5, 5.41) is 1.21. The van der Waals surface area contributed by atoms with Crippen LogP contribution < -0.4 is 0 Å². The van der Waals surface area contributed by atoms with Crippen molar-refractivity contribution in [3.05, 3.63) is 77.5 Å². The molecular formula is C28H33N3O2. The third-order valence-electron chi connectivity index (χ3n) is 7.05. The maximum atomic E-state index is 13.5. The van der Waals surface area contributed by atoms with Crippen LogP contribution in [0.5, 0.6) is 0 Å². The zero-order valence-electron chi connectivity index (χ0n) is 19.3. The smallest absolute Gasteiger partial charge is 0.254 e. The third-order valence-corrected chi connectivity index (χ3v) is 7.05. The summed E-state index contributed by atoms with van der Waals surface area (Å²) in [5.41, 5.74) is 4.34. The average molecular weight is 444 g/mol. The molecule has 0 unspecified atom stereocenters. The molecule has 33 heavy (non-hydrogen) atoms. The molecule has 0 bridgehead atoms. The minimum atomic E-state index is 0.187. The van der Waals surface area contributed by atoms with E-state index in [2.05, 4.69) is 45.1 Å². The average Bonchev–Trinajstić information content (AvgIpc) is 3.10. The van der Waals surface area contributed by atoms with E-state index in [1.807, 2.05) is 30.5 Å². The van der Waals surface area contributed by atoms with Crippen molar-refractivity contribution in [2.45, 2.75) is 32.2 Å². The molecule has 2 aromatic carbocycles. The lowest BCUT2D eigenvalue weighted by molar-refractivity contribution is 0.0340. The molecule has 1 amide bonds. The second-order valence-electron chi connectivity index (χ2n) is 9.38. The van der Waals surface area contributed by atoms with Crippen LogP contribution in [0.15, 0.2) is 60.8 Å². The highest BCUT2D eigenvalue weighted by Crippen LogP contribution is 2.25. The number of pyridine rings is 1. The van der Waals surface area contributed by atoms with E-state index in [1.165, 1.54) is 10.9 Å². The van der Waals surface area contributed by atoms with Gasteiger partial charge in [0.15, 0.2) is 0 Å². The molecule has 0 aliphatic carbocycles. The highest BCUT2D eigenvalue weighted by Gasteiger charge is 2.24. The summed E-state index contributed by atoms with van der Waals surface area (Å²) in [6, 6.07) is 18.7. The summed E-state index contributed by atoms with van der Waals surface area (Å²) >= 11 is 0. The van der Waals surface area contributed by atoms with Crippen LogP contribution in [0, 0.1) is 5.92 Å². The van der Waals surface area contributed by atoms with E-state index in [9.17, 15) is 4.79 Å². The summed E-state index contributed by atoms with van der Waals surface area (Å²) in [5.74, 6) is 0.779. The number of morpholine rings is 1. The molecule has 0 N–H and O–H groups in total. The van der Waals surface area contributed by atoms with Crippen molar-refractivity contribution in [1.82, 2.24) is 14.8 Å². The van der Waals surface area contributed by atoms with Crippen LogP contribution in [0.4, 0.5) is 0 Å². The lowest BCUT2D eigenvalue weighted by Gasteiger charge is -2.28. The number of hydrogen-bond donors (Lipinski definition) is 0. The molecule has 2 aliphatic rings. The molecule has 2 saturated heterocycles. The number of benzene rings is 2. The van der Waals surface area contributed by atoms with Crippen LogP contribution in [0.2, 0.25) is 0 Å². The lowest BCUT2D eigenvalue weighted by Crippen LogP contribution is -2.37. The van der Waals surface area contributed by atoms with E-state index < -0.39 is 0 Å². The lowest BCUT2D eigenvalue weighted by atomic mass is 9.93. The molecule has 3 heterocycles. The van der Waals surface area contributed by atoms with Crippen molar-refractivity contribution in [1.29, 1.82) is 0 Å². The summed E-state index contributed by atoms with van der Waals surface area (Å²) in [6.07, 6.45) is 6.32. The van der Waals surface area contributed by atoms with Crippen molar-refractivity contribution in [3.8, 4) is 0 Å². The first-order chi connectivity index (χ1) is 16.3. The number of fused-ring (bicyclic) bond motifs is 1. The van der Waals surface area contributed by atoms with Crippen molar-refractivity contribution < 1.29 is 9.53 Å². The number of amides is 1. The van der Waals surface area contributed by atoms with Gasteiger partial charge in [-0.05, 0) is 60.9 Å². The van der Waals surface area contributed by atoms with Gasteiger partial charge in [0.1, 0.15) is 0 Å². The van der Waals surface area contributed by atoms with Gasteiger partial charge in [0.2, 0.25) is 0 Å². The number of likely N-dealkylation sites (tertiary alicyclic amines) is 1. The number of ether oxygens (including phenoxy) is 1. The minimum absolute atomic E-state index is 0.187. The molecule has 5 rings (SSSR count). The number of carbonyl (C=O) groups is 1. The maximum Gasteiger partial charge on any atom is 0.254 e. The Kier molecular flexibility index (Phi) is 6.98. The number of hydrogen-bond acceptors (Lipinski definition) is 4. The van der Waals surface area contributed by atoms with Gasteiger partial charge in [-0.2, -0.15) is 0 Å². The van der Waals surface area contributed by atoms with Crippen LogP contribution in [0.25, 0.3) is 10.9 Å². The first-order valence-electron chi connectivity index (χ1n) is 12.3. The summed E-state index contributed by atoms with van der Waals surface area (Å²) in [7, 11) is 0. The fourth-order valence-electron chi connectivity index (χ4n) is 5.17. The number of carbonyl (C=O) groups excluding carboxylic acids is 1. The Morgan fingerprint density at radius 2 is 1.79 bits per heavy atom. The molecule has 2 aliphatic heterocycles. The van der Waals surface area contributed by atoms with Gasteiger partial charge in [-0.25, -0.2) is 0 Å². The second-order valence-corrected chi connectivity index (χ2v) is 9.38. The Bertz CT molecular complexity index is 1090. The standard InChI is InChI=1S/C28H33N3O2/c32-28(26-9-3-1-8-25(26)21-30-14-16-33-17-15-30)31-12-5-6-22(11-13-31)18-23-19-24-7-2-4-10-27(24)29-20-23/h1-4,7-10,19-20,22H,5-6,11-18,21H2/t22-/m1/s1. The van der Waals surface area contributed by atoms with Gasteiger partial charge in [-0.3, -0.25) is 14.7 Å². The molecule has 172 valence electrons. The number of rotatable bonds is 5. The fraction of sp³-hybridized carbons (Fsp3) is 0.429. The molecule has 1 aromatic heterocycles. The number of nitrogens with zero attached hydrogens (tertiary/aromatic N) is 3. The van der Waals surface area contributed by atoms with Gasteiger partial charge in [-0.15, -0.1) is 0 Å². The molecule has 2 fully saturated rings. The van der Waals surface area contributed by atoms with Crippen molar-refractivity contribution in [3.63, 3.8) is 0 Å². The zero-order chi connectivity index (χ0) is 22.5. The SMILES string of the molecule is O=C(c1ccccc1CN1CCOCC1)N1CCC[C@@H](Cc2cnc3ccccc3c2)CC1. The molecule has 1 atom stereocenters. The maximum absolute atomic E-state index is 13.5. The highest BCUT2D eigenvalue weighted by molar-refractivity contribution is 5.95. The molecule has 5 nitrogen and oxygen atoms in total. The quantitative estimate of drug-likeness (QED) is 0.580. The Morgan fingerprint density at radius 1 is 0.970 bits per heavy atom. The molecule has 0 saturated carbocycles. The zero-order valence-corrected chi connectivity index (χ0v) is 19.3. The normalized spacial score (nSPS) is 20.0. The number of para-hydroxylation sites is 1. The predicted molar refractivity (Wildman–Crippen MR) is 131 cm³/mol. The Balaban J connectivity index is 1.23. The van der Waals surface area contributed by atoms with Crippen LogP contribution in [-0.2, 0) is 17.7 Å². The number of aromatic nitrogens is 1. The van der Waals surface area contributed by atoms with E-state index >= 15 is 0 Å². The van der Waals surface area contributed by atoms with Crippen molar-refractivity contribution >= 4 is 16.8 Å². The summed E-state index contributed by atoms with van der Waals surface area (Å²) in [4.78, 5) is 22.6. The Morgan fingerprint density at radius 3 is 2.70 bits per heavy atom. The topological polar surface area (TPSA) is 45.7 Å². The molecule has 5 heteroatoms. The minimum Gasteiger partial charge on any atom is -0.379 e. The van der Waals surface area contributed by atoms with Crippen molar-refractivity contribution in [2.24, 2.45) is 5.92 Å². The van der Waals surface area contributed by atoms with E-state index in [1.54, 1.807) is 0 Å². The van der Waals surface area contributed by atoms with Gasteiger partial charge in [0.05, 0.1) is 18.7 Å². The molecule has 3 aromatic rings. The van der Waals surface area contributed by atoms with Gasteiger partial charge in [-0.1, -0.05) is 36.4 Å². The van der Waals surface area contributed by atoms with Gasteiger partial charge >= 0.3 is 0 Å². The summed E-state index contributed by atoms with van der Waals surface area (Å²) < 4.78 is 5.48. The molecular weight excluding hydrogens is 410 g/mol. The van der Waals surface area contributed by atoms with Crippen LogP contribution in [0.3, 0.4) is 0 Å². The van der Waals surface area contributed by atoms with E-state index in [0.29, 0.717) is 5.92 Å². The Hall–Kier alpha value is -2.76. The van der Waals surface area contributed by atoms with Crippen molar-refractivity contribution in [2.75, 3.05) is 39.4 Å². The largest absolute Gasteiger partial charge is 0.379 e. The first kappa shape index (κ1) is 22.1. The molecule has 0 radical (unpaired) electrons. The predicted octanol–water partition coefficient (Wildman–Crippen LogP) is 4.55. The highest BCUT2D eigenvalue weighted by atomic mass is 16.5. The van der Waals surface area contributed by atoms with Gasteiger partial charge in [0, 0.05) is 49.9 Å². The van der Waals surface area contributed by atoms with Crippen LogP contribution >= 0.6 is 0 Å². The molecule has 0 spiro atoms. The Labute approximate surface area is 196 Å².